The van der Waals surface area contributed by atoms with Gasteiger partial charge in [0.05, 0.1) is 19.8 Å². The first kappa shape index (κ1) is 13.3. The maximum atomic E-state index is 5.76. The molecule has 1 fully saturated rings. The van der Waals surface area contributed by atoms with Crippen molar-refractivity contribution < 1.29 is 4.74 Å². The molecule has 0 radical (unpaired) electrons. The van der Waals surface area contributed by atoms with Crippen molar-refractivity contribution in [2.75, 3.05) is 40.4 Å². The lowest BCUT2D eigenvalue weighted by atomic mass is 10.2. The van der Waals surface area contributed by atoms with Crippen LogP contribution >= 0.6 is 0 Å². The minimum absolute atomic E-state index is 0.414. The summed E-state index contributed by atoms with van der Waals surface area (Å²) in [5.41, 5.74) is 5.76. The number of hydrogen-bond donors (Lipinski definition) is 1. The van der Waals surface area contributed by atoms with Crippen molar-refractivity contribution in [1.29, 1.82) is 0 Å². The third-order valence-electron chi connectivity index (χ3n) is 2.96. The van der Waals surface area contributed by atoms with Crippen molar-refractivity contribution in [1.82, 2.24) is 9.80 Å². The van der Waals surface area contributed by atoms with Crippen LogP contribution in [0.2, 0.25) is 0 Å². The zero-order valence-corrected chi connectivity index (χ0v) is 10.8. The van der Waals surface area contributed by atoms with Gasteiger partial charge in [0.15, 0.2) is 5.96 Å². The van der Waals surface area contributed by atoms with Gasteiger partial charge in [0, 0.05) is 32.7 Å². The van der Waals surface area contributed by atoms with Crippen LogP contribution in [0.15, 0.2) is 4.99 Å². The highest BCUT2D eigenvalue weighted by Crippen LogP contribution is 2.10. The fourth-order valence-electron chi connectivity index (χ4n) is 1.87. The molecule has 0 amide bonds. The van der Waals surface area contributed by atoms with E-state index in [0.29, 0.717) is 18.0 Å². The Hall–Kier alpha value is -0.810. The Morgan fingerprint density at radius 2 is 2.31 bits per heavy atom. The number of guanidine groups is 1. The molecule has 5 nitrogen and oxygen atoms in total. The molecule has 1 aliphatic rings. The molecule has 0 saturated carbocycles. The summed E-state index contributed by atoms with van der Waals surface area (Å²) in [6.07, 6.45) is 0. The van der Waals surface area contributed by atoms with Crippen LogP contribution in [-0.4, -0.2) is 68.2 Å². The molecule has 1 heterocycles. The van der Waals surface area contributed by atoms with Crippen LogP contribution in [0.3, 0.4) is 0 Å². The van der Waals surface area contributed by atoms with E-state index in [1.54, 1.807) is 0 Å². The summed E-state index contributed by atoms with van der Waals surface area (Å²) in [7, 11) is 3.81. The molecule has 1 rings (SSSR count). The van der Waals surface area contributed by atoms with Gasteiger partial charge in [-0.15, -0.1) is 0 Å². The van der Waals surface area contributed by atoms with E-state index in [2.05, 4.69) is 23.7 Å². The van der Waals surface area contributed by atoms with E-state index in [-0.39, 0.29) is 0 Å². The van der Waals surface area contributed by atoms with E-state index in [4.69, 9.17) is 10.5 Å². The van der Waals surface area contributed by atoms with Crippen molar-refractivity contribution in [2.24, 2.45) is 10.7 Å². The average molecular weight is 228 g/mol. The van der Waals surface area contributed by atoms with Crippen molar-refractivity contribution in [2.45, 2.75) is 25.9 Å². The Morgan fingerprint density at radius 1 is 1.62 bits per heavy atom. The topological polar surface area (TPSA) is 54.1 Å². The molecule has 0 aromatic heterocycles. The van der Waals surface area contributed by atoms with Crippen molar-refractivity contribution in [3.63, 3.8) is 0 Å². The van der Waals surface area contributed by atoms with E-state index in [1.807, 2.05) is 19.0 Å². The maximum Gasteiger partial charge on any atom is 0.190 e. The van der Waals surface area contributed by atoms with Crippen molar-refractivity contribution >= 4 is 5.96 Å². The van der Waals surface area contributed by atoms with Gasteiger partial charge in [-0.2, -0.15) is 0 Å². The Morgan fingerprint density at radius 3 is 2.88 bits per heavy atom. The summed E-state index contributed by atoms with van der Waals surface area (Å²) >= 11 is 0. The lowest BCUT2D eigenvalue weighted by Gasteiger charge is -2.37. The highest BCUT2D eigenvalue weighted by molar-refractivity contribution is 5.77. The number of aliphatic imine (C=N–C) groups is 1. The Kier molecular flexibility index (Phi) is 5.02. The highest BCUT2D eigenvalue weighted by Gasteiger charge is 2.23. The highest BCUT2D eigenvalue weighted by atomic mass is 16.5. The Labute approximate surface area is 98.3 Å². The third kappa shape index (κ3) is 3.64. The normalized spacial score (nSPS) is 25.5. The molecule has 1 saturated heterocycles. The molecule has 0 aromatic carbocycles. The van der Waals surface area contributed by atoms with Gasteiger partial charge in [-0.1, -0.05) is 0 Å². The van der Waals surface area contributed by atoms with Crippen molar-refractivity contribution in [3.05, 3.63) is 0 Å². The first-order valence-electron chi connectivity index (χ1n) is 5.83. The zero-order valence-electron chi connectivity index (χ0n) is 10.8. The average Bonchev–Trinajstić information content (AvgIpc) is 2.25. The molecule has 2 atom stereocenters. The Bertz CT molecular complexity index is 242. The lowest BCUT2D eigenvalue weighted by Crippen LogP contribution is -2.49. The Balaban J connectivity index is 2.44. The van der Waals surface area contributed by atoms with E-state index < -0.39 is 0 Å². The van der Waals surface area contributed by atoms with Crippen LogP contribution in [0.25, 0.3) is 0 Å². The second kappa shape index (κ2) is 6.06. The second-order valence-electron chi connectivity index (χ2n) is 4.60. The van der Waals surface area contributed by atoms with Crippen LogP contribution in [0, 0.1) is 0 Å². The zero-order chi connectivity index (χ0) is 12.1. The monoisotopic (exact) mass is 228 g/mol. The van der Waals surface area contributed by atoms with Gasteiger partial charge in [0.25, 0.3) is 0 Å². The van der Waals surface area contributed by atoms with Gasteiger partial charge in [-0.3, -0.25) is 9.89 Å². The van der Waals surface area contributed by atoms with Crippen LogP contribution in [-0.2, 0) is 4.74 Å². The van der Waals surface area contributed by atoms with E-state index in [1.165, 1.54) is 0 Å². The number of nitrogens with two attached hydrogens (primary N) is 1. The van der Waals surface area contributed by atoms with Gasteiger partial charge < -0.3 is 15.4 Å². The molecule has 0 aliphatic carbocycles. The number of ether oxygens (including phenoxy) is 1. The van der Waals surface area contributed by atoms with E-state index in [0.717, 1.165) is 26.3 Å². The van der Waals surface area contributed by atoms with Gasteiger partial charge >= 0.3 is 0 Å². The van der Waals surface area contributed by atoms with Crippen LogP contribution in [0.1, 0.15) is 13.8 Å². The maximum absolute atomic E-state index is 5.76. The molecule has 0 unspecified atom stereocenters. The fourth-order valence-corrected chi connectivity index (χ4v) is 1.87. The number of nitrogens with zero attached hydrogens (tertiary/aromatic N) is 3. The smallest absolute Gasteiger partial charge is 0.190 e. The number of morpholine rings is 1. The predicted molar refractivity (Wildman–Crippen MR) is 66.6 cm³/mol. The number of rotatable bonds is 3. The van der Waals surface area contributed by atoms with Gasteiger partial charge in [0.1, 0.15) is 0 Å². The molecule has 16 heavy (non-hydrogen) atoms. The molecule has 2 N–H and O–H groups in total. The van der Waals surface area contributed by atoms with E-state index >= 15 is 0 Å². The molecule has 94 valence electrons. The molecule has 0 aromatic rings. The molecule has 0 bridgehead atoms. The summed E-state index contributed by atoms with van der Waals surface area (Å²) in [6.45, 7) is 7.75. The first-order valence-corrected chi connectivity index (χ1v) is 5.83. The standard InChI is InChI=1S/C11H24N4O/c1-9(7-13-11(12)14(3)4)15-5-6-16-8-10(15)2/h9-10H,5-8H2,1-4H3,(H2,12,13)/t9-,10-/m0/s1. The SMILES string of the molecule is C[C@@H](CN=C(N)N(C)C)N1CCOC[C@@H]1C. The molecule has 5 heteroatoms. The molecule has 1 aliphatic heterocycles. The summed E-state index contributed by atoms with van der Waals surface area (Å²) in [5.74, 6) is 0.591. The summed E-state index contributed by atoms with van der Waals surface area (Å²) in [5, 5.41) is 0. The van der Waals surface area contributed by atoms with Crippen LogP contribution in [0.5, 0.6) is 0 Å². The number of hydrogen-bond acceptors (Lipinski definition) is 3. The lowest BCUT2D eigenvalue weighted by molar-refractivity contribution is -0.0166. The van der Waals surface area contributed by atoms with Crippen LogP contribution in [0.4, 0.5) is 0 Å². The van der Waals surface area contributed by atoms with Gasteiger partial charge in [-0.05, 0) is 13.8 Å². The predicted octanol–water partition coefficient (Wildman–Crippen LogP) is -0.0281. The first-order chi connectivity index (χ1) is 7.52. The van der Waals surface area contributed by atoms with Gasteiger partial charge in [-0.25, -0.2) is 0 Å². The molecule has 0 spiro atoms. The summed E-state index contributed by atoms with van der Waals surface area (Å²) < 4.78 is 5.42. The van der Waals surface area contributed by atoms with Crippen LogP contribution < -0.4 is 5.73 Å². The van der Waals surface area contributed by atoms with Gasteiger partial charge in [0.2, 0.25) is 0 Å². The minimum Gasteiger partial charge on any atom is -0.379 e. The second-order valence-corrected chi connectivity index (χ2v) is 4.60. The molecular formula is C11H24N4O. The molecular weight excluding hydrogens is 204 g/mol. The quantitative estimate of drug-likeness (QED) is 0.544. The summed E-state index contributed by atoms with van der Waals surface area (Å²) in [6, 6.07) is 0.886. The van der Waals surface area contributed by atoms with E-state index in [9.17, 15) is 0 Å². The summed E-state index contributed by atoms with van der Waals surface area (Å²) in [4.78, 5) is 8.63. The minimum atomic E-state index is 0.414. The van der Waals surface area contributed by atoms with Crippen molar-refractivity contribution in [3.8, 4) is 0 Å². The largest absolute Gasteiger partial charge is 0.379 e. The fraction of sp³-hybridized carbons (Fsp3) is 0.909. The third-order valence-corrected chi connectivity index (χ3v) is 2.96.